The van der Waals surface area contributed by atoms with Crippen molar-refractivity contribution in [2.75, 3.05) is 7.11 Å². The Bertz CT molecular complexity index is 355. The highest BCUT2D eigenvalue weighted by molar-refractivity contribution is 9.10. The van der Waals surface area contributed by atoms with Crippen molar-refractivity contribution in [3.8, 4) is 11.5 Å². The van der Waals surface area contributed by atoms with Gasteiger partial charge in [0.25, 0.3) is 0 Å². The van der Waals surface area contributed by atoms with Crippen molar-refractivity contribution in [2.45, 2.75) is 13.0 Å². The van der Waals surface area contributed by atoms with E-state index in [1.807, 2.05) is 0 Å². The van der Waals surface area contributed by atoms with E-state index in [0.29, 0.717) is 10.0 Å². The SMILES string of the molecule is COc1c(O)cc(Br)c(C(C)N)c1F. The number of aromatic hydroxyl groups is 1. The number of rotatable bonds is 2. The molecule has 0 aliphatic carbocycles. The van der Waals surface area contributed by atoms with Crippen molar-refractivity contribution in [1.82, 2.24) is 0 Å². The first-order chi connectivity index (χ1) is 6.49. The predicted octanol–water partition coefficient (Wildman–Crippen LogP) is 2.32. The van der Waals surface area contributed by atoms with Crippen LogP contribution in [0.2, 0.25) is 0 Å². The molecule has 0 aromatic heterocycles. The van der Waals surface area contributed by atoms with Gasteiger partial charge >= 0.3 is 0 Å². The van der Waals surface area contributed by atoms with Crippen molar-refractivity contribution < 1.29 is 14.2 Å². The summed E-state index contributed by atoms with van der Waals surface area (Å²) in [5.74, 6) is -1.06. The summed E-state index contributed by atoms with van der Waals surface area (Å²) in [6.07, 6.45) is 0. The van der Waals surface area contributed by atoms with Crippen LogP contribution in [0, 0.1) is 5.82 Å². The van der Waals surface area contributed by atoms with E-state index in [-0.39, 0.29) is 11.5 Å². The Hall–Kier alpha value is -0.810. The van der Waals surface area contributed by atoms with Crippen LogP contribution < -0.4 is 10.5 Å². The van der Waals surface area contributed by atoms with Gasteiger partial charge in [-0.25, -0.2) is 4.39 Å². The normalized spacial score (nSPS) is 12.6. The molecule has 0 aliphatic rings. The first kappa shape index (κ1) is 11.3. The molecule has 1 rings (SSSR count). The summed E-state index contributed by atoms with van der Waals surface area (Å²) in [5, 5.41) is 9.34. The van der Waals surface area contributed by atoms with Gasteiger partial charge in [0.2, 0.25) is 0 Å². The largest absolute Gasteiger partial charge is 0.504 e. The smallest absolute Gasteiger partial charge is 0.196 e. The van der Waals surface area contributed by atoms with E-state index in [1.54, 1.807) is 6.92 Å². The van der Waals surface area contributed by atoms with Gasteiger partial charge in [-0.2, -0.15) is 0 Å². The predicted molar refractivity (Wildman–Crippen MR) is 54.9 cm³/mol. The molecule has 0 amide bonds. The van der Waals surface area contributed by atoms with Crippen LogP contribution >= 0.6 is 15.9 Å². The first-order valence-corrected chi connectivity index (χ1v) is 4.78. The third-order valence-corrected chi connectivity index (χ3v) is 2.50. The molecule has 78 valence electrons. The second-order valence-corrected chi connectivity index (χ2v) is 3.78. The van der Waals surface area contributed by atoms with Gasteiger partial charge in [-0.3, -0.25) is 0 Å². The van der Waals surface area contributed by atoms with Crippen molar-refractivity contribution >= 4 is 15.9 Å². The maximum atomic E-state index is 13.7. The molecule has 14 heavy (non-hydrogen) atoms. The Morgan fingerprint density at radius 3 is 2.64 bits per heavy atom. The molecular weight excluding hydrogens is 253 g/mol. The lowest BCUT2D eigenvalue weighted by Crippen LogP contribution is -2.09. The molecule has 3 N–H and O–H groups in total. The van der Waals surface area contributed by atoms with Crippen LogP contribution in [0.15, 0.2) is 10.5 Å². The Labute approximate surface area is 89.8 Å². The van der Waals surface area contributed by atoms with E-state index < -0.39 is 11.9 Å². The number of phenolic OH excluding ortho intramolecular Hbond substituents is 1. The van der Waals surface area contributed by atoms with Crippen LogP contribution in [0.1, 0.15) is 18.5 Å². The molecule has 0 saturated carbocycles. The molecule has 1 atom stereocenters. The van der Waals surface area contributed by atoms with Gasteiger partial charge in [0.15, 0.2) is 17.3 Å². The molecule has 0 fully saturated rings. The summed E-state index contributed by atoms with van der Waals surface area (Å²) in [4.78, 5) is 0. The lowest BCUT2D eigenvalue weighted by molar-refractivity contribution is 0.348. The molecule has 0 spiro atoms. The van der Waals surface area contributed by atoms with Gasteiger partial charge in [0.1, 0.15) is 0 Å². The minimum atomic E-state index is -0.630. The first-order valence-electron chi connectivity index (χ1n) is 3.99. The molecular formula is C9H11BrFNO2. The highest BCUT2D eigenvalue weighted by Gasteiger charge is 2.19. The van der Waals surface area contributed by atoms with Crippen LogP contribution in [-0.4, -0.2) is 12.2 Å². The Balaban J connectivity index is 3.44. The third-order valence-electron chi connectivity index (χ3n) is 1.85. The fourth-order valence-electron chi connectivity index (χ4n) is 1.21. The second-order valence-electron chi connectivity index (χ2n) is 2.93. The number of halogens is 2. The van der Waals surface area contributed by atoms with E-state index in [1.165, 1.54) is 13.2 Å². The van der Waals surface area contributed by atoms with Crippen LogP contribution in [0.4, 0.5) is 4.39 Å². The van der Waals surface area contributed by atoms with Crippen LogP contribution in [-0.2, 0) is 0 Å². The Kier molecular flexibility index (Phi) is 3.34. The van der Waals surface area contributed by atoms with Crippen LogP contribution in [0.3, 0.4) is 0 Å². The average Bonchev–Trinajstić information content (AvgIpc) is 2.02. The molecule has 0 radical (unpaired) electrons. The van der Waals surface area contributed by atoms with Crippen molar-refractivity contribution in [3.05, 3.63) is 21.9 Å². The lowest BCUT2D eigenvalue weighted by Gasteiger charge is -2.13. The number of nitrogens with two attached hydrogens (primary N) is 1. The molecule has 5 heteroatoms. The number of phenols is 1. The molecule has 1 unspecified atom stereocenters. The number of methoxy groups -OCH3 is 1. The highest BCUT2D eigenvalue weighted by atomic mass is 79.9. The quantitative estimate of drug-likeness (QED) is 0.861. The van der Waals surface area contributed by atoms with Gasteiger partial charge in [-0.15, -0.1) is 0 Å². The minimum absolute atomic E-state index is 0.180. The van der Waals surface area contributed by atoms with Gasteiger partial charge in [0, 0.05) is 16.1 Å². The molecule has 1 aromatic rings. The molecule has 0 aliphatic heterocycles. The Morgan fingerprint density at radius 1 is 1.64 bits per heavy atom. The fourth-order valence-corrected chi connectivity index (χ4v) is 1.97. The molecule has 1 aromatic carbocycles. The molecule has 0 bridgehead atoms. The van der Waals surface area contributed by atoms with E-state index in [4.69, 9.17) is 10.5 Å². The number of ether oxygens (including phenoxy) is 1. The van der Waals surface area contributed by atoms with E-state index in [2.05, 4.69) is 15.9 Å². The summed E-state index contributed by atoms with van der Waals surface area (Å²) in [7, 11) is 1.29. The standard InChI is InChI=1S/C9H11BrFNO2/c1-4(12)7-5(10)3-6(13)9(14-2)8(7)11/h3-4,13H,12H2,1-2H3. The van der Waals surface area contributed by atoms with Gasteiger partial charge in [-0.1, -0.05) is 15.9 Å². The van der Waals surface area contributed by atoms with E-state index >= 15 is 0 Å². The molecule has 0 saturated heterocycles. The molecule has 0 heterocycles. The monoisotopic (exact) mass is 263 g/mol. The van der Waals surface area contributed by atoms with E-state index in [0.717, 1.165) is 0 Å². The number of benzene rings is 1. The second kappa shape index (κ2) is 4.14. The third kappa shape index (κ3) is 1.83. The van der Waals surface area contributed by atoms with Crippen molar-refractivity contribution in [2.24, 2.45) is 5.73 Å². The zero-order valence-electron chi connectivity index (χ0n) is 7.84. The van der Waals surface area contributed by atoms with Crippen molar-refractivity contribution in [3.63, 3.8) is 0 Å². The minimum Gasteiger partial charge on any atom is -0.504 e. The Morgan fingerprint density at radius 2 is 2.21 bits per heavy atom. The molecule has 3 nitrogen and oxygen atoms in total. The van der Waals surface area contributed by atoms with Gasteiger partial charge in [-0.05, 0) is 13.0 Å². The maximum Gasteiger partial charge on any atom is 0.196 e. The van der Waals surface area contributed by atoms with Gasteiger partial charge in [0.05, 0.1) is 7.11 Å². The van der Waals surface area contributed by atoms with Crippen LogP contribution in [0.5, 0.6) is 11.5 Å². The van der Waals surface area contributed by atoms with Crippen LogP contribution in [0.25, 0.3) is 0 Å². The van der Waals surface area contributed by atoms with Crippen molar-refractivity contribution in [1.29, 1.82) is 0 Å². The van der Waals surface area contributed by atoms with E-state index in [9.17, 15) is 9.50 Å². The summed E-state index contributed by atoms with van der Waals surface area (Å²) in [6, 6.07) is 0.888. The number of hydrogen-bond donors (Lipinski definition) is 2. The summed E-state index contributed by atoms with van der Waals surface area (Å²) < 4.78 is 18.8. The fraction of sp³-hybridized carbons (Fsp3) is 0.333. The average molecular weight is 264 g/mol. The zero-order chi connectivity index (χ0) is 10.9. The maximum absolute atomic E-state index is 13.7. The highest BCUT2D eigenvalue weighted by Crippen LogP contribution is 2.38. The van der Waals surface area contributed by atoms with Gasteiger partial charge < -0.3 is 15.6 Å². The topological polar surface area (TPSA) is 55.5 Å². The summed E-state index contributed by atoms with van der Waals surface area (Å²) >= 11 is 3.13. The number of hydrogen-bond acceptors (Lipinski definition) is 3. The lowest BCUT2D eigenvalue weighted by atomic mass is 10.1. The summed E-state index contributed by atoms with van der Waals surface area (Å²) in [5.41, 5.74) is 5.87. The summed E-state index contributed by atoms with van der Waals surface area (Å²) in [6.45, 7) is 1.65. The zero-order valence-corrected chi connectivity index (χ0v) is 9.43.